The third-order valence-corrected chi connectivity index (χ3v) is 4.46. The summed E-state index contributed by atoms with van der Waals surface area (Å²) in [5.74, 6) is 0. The maximum absolute atomic E-state index is 5.78. The van der Waals surface area contributed by atoms with E-state index in [9.17, 15) is 0 Å². The number of nitrogens with one attached hydrogen (secondary N) is 1. The van der Waals surface area contributed by atoms with Crippen molar-refractivity contribution < 1.29 is 0 Å². The summed E-state index contributed by atoms with van der Waals surface area (Å²) in [6.45, 7) is 4.59. The van der Waals surface area contributed by atoms with Crippen molar-refractivity contribution in [1.82, 2.24) is 5.32 Å². The van der Waals surface area contributed by atoms with Crippen LogP contribution in [0.3, 0.4) is 0 Å². The van der Waals surface area contributed by atoms with Crippen LogP contribution in [0.15, 0.2) is 24.3 Å². The van der Waals surface area contributed by atoms with Crippen molar-refractivity contribution in [3.8, 4) is 0 Å². The van der Waals surface area contributed by atoms with Crippen molar-refractivity contribution in [3.05, 3.63) is 29.8 Å². The van der Waals surface area contributed by atoms with Crippen molar-refractivity contribution >= 4 is 5.69 Å². The number of rotatable bonds is 6. The highest BCUT2D eigenvalue weighted by atomic mass is 14.9. The molecule has 1 saturated carbocycles. The number of nitrogen functional groups attached to an aromatic ring is 1. The van der Waals surface area contributed by atoms with Crippen LogP contribution in [0.25, 0.3) is 0 Å². The number of anilines is 1. The summed E-state index contributed by atoms with van der Waals surface area (Å²) in [6, 6.07) is 8.22. The summed E-state index contributed by atoms with van der Waals surface area (Å²) in [4.78, 5) is 0. The Labute approximate surface area is 111 Å². The molecule has 0 aromatic heterocycles. The molecular formula is C16H26N2. The smallest absolute Gasteiger partial charge is 0.0316 e. The predicted molar refractivity (Wildman–Crippen MR) is 78.6 cm³/mol. The van der Waals surface area contributed by atoms with Gasteiger partial charge >= 0.3 is 0 Å². The highest BCUT2D eigenvalue weighted by molar-refractivity contribution is 5.40. The Balaban J connectivity index is 1.72. The van der Waals surface area contributed by atoms with Crippen LogP contribution in [0.4, 0.5) is 5.69 Å². The summed E-state index contributed by atoms with van der Waals surface area (Å²) in [5.41, 5.74) is 8.58. The van der Waals surface area contributed by atoms with Gasteiger partial charge in [0, 0.05) is 12.2 Å². The van der Waals surface area contributed by atoms with Crippen LogP contribution < -0.4 is 11.1 Å². The van der Waals surface area contributed by atoms with Gasteiger partial charge < -0.3 is 11.1 Å². The largest absolute Gasteiger partial charge is 0.399 e. The zero-order valence-electron chi connectivity index (χ0n) is 11.5. The number of hydrogen-bond donors (Lipinski definition) is 2. The lowest BCUT2D eigenvalue weighted by Gasteiger charge is -2.27. The van der Waals surface area contributed by atoms with Crippen LogP contribution in [0.2, 0.25) is 0 Å². The van der Waals surface area contributed by atoms with Crippen molar-refractivity contribution in [1.29, 1.82) is 0 Å². The van der Waals surface area contributed by atoms with Gasteiger partial charge in [-0.15, -0.1) is 0 Å². The molecule has 1 fully saturated rings. The molecule has 0 bridgehead atoms. The van der Waals surface area contributed by atoms with Gasteiger partial charge in [0.25, 0.3) is 0 Å². The van der Waals surface area contributed by atoms with E-state index in [4.69, 9.17) is 5.73 Å². The Hall–Kier alpha value is -1.02. The molecule has 1 aliphatic rings. The highest BCUT2D eigenvalue weighted by Crippen LogP contribution is 2.40. The molecule has 100 valence electrons. The summed E-state index contributed by atoms with van der Waals surface area (Å²) in [6.07, 6.45) is 8.06. The lowest BCUT2D eigenvalue weighted by Crippen LogP contribution is -2.32. The van der Waals surface area contributed by atoms with E-state index >= 15 is 0 Å². The Morgan fingerprint density at radius 3 is 2.72 bits per heavy atom. The average molecular weight is 246 g/mol. The van der Waals surface area contributed by atoms with Gasteiger partial charge in [0.2, 0.25) is 0 Å². The first-order chi connectivity index (χ1) is 8.74. The number of benzene rings is 1. The van der Waals surface area contributed by atoms with Gasteiger partial charge in [0.05, 0.1) is 0 Å². The minimum Gasteiger partial charge on any atom is -0.399 e. The molecule has 2 nitrogen and oxygen atoms in total. The molecule has 1 aromatic carbocycles. The van der Waals surface area contributed by atoms with Crippen molar-refractivity contribution in [2.75, 3.05) is 18.8 Å². The summed E-state index contributed by atoms with van der Waals surface area (Å²) >= 11 is 0. The zero-order chi connectivity index (χ0) is 12.8. The molecule has 0 saturated heterocycles. The summed E-state index contributed by atoms with van der Waals surface area (Å²) < 4.78 is 0. The van der Waals surface area contributed by atoms with Gasteiger partial charge in [-0.1, -0.05) is 31.9 Å². The molecular weight excluding hydrogens is 220 g/mol. The first-order valence-electron chi connectivity index (χ1n) is 7.29. The second-order valence-electron chi connectivity index (χ2n) is 5.73. The maximum Gasteiger partial charge on any atom is 0.0316 e. The van der Waals surface area contributed by atoms with E-state index in [0.29, 0.717) is 5.41 Å². The molecule has 0 radical (unpaired) electrons. The molecule has 0 aliphatic heterocycles. The predicted octanol–water partition coefficient (Wildman–Crippen LogP) is 3.37. The van der Waals surface area contributed by atoms with E-state index in [1.807, 2.05) is 12.1 Å². The van der Waals surface area contributed by atoms with Gasteiger partial charge in [0.1, 0.15) is 0 Å². The monoisotopic (exact) mass is 246 g/mol. The molecule has 3 N–H and O–H groups in total. The van der Waals surface area contributed by atoms with Gasteiger partial charge in [-0.3, -0.25) is 0 Å². The standard InChI is InChI=1S/C16H26N2/c1-2-16(9-3-4-10-16)13-18-11-8-14-6-5-7-15(17)12-14/h5-7,12,18H,2-4,8-11,13,17H2,1H3. The van der Waals surface area contributed by atoms with E-state index < -0.39 is 0 Å². The quantitative estimate of drug-likeness (QED) is 0.596. The van der Waals surface area contributed by atoms with E-state index in [2.05, 4.69) is 24.4 Å². The molecule has 0 amide bonds. The van der Waals surface area contributed by atoms with E-state index in [0.717, 1.165) is 18.7 Å². The summed E-state index contributed by atoms with van der Waals surface area (Å²) in [5, 5.41) is 3.65. The van der Waals surface area contributed by atoms with Crippen molar-refractivity contribution in [3.63, 3.8) is 0 Å². The Morgan fingerprint density at radius 1 is 1.28 bits per heavy atom. The minimum absolute atomic E-state index is 0.593. The van der Waals surface area contributed by atoms with Crippen LogP contribution in [-0.4, -0.2) is 13.1 Å². The van der Waals surface area contributed by atoms with Gasteiger partial charge in [0.15, 0.2) is 0 Å². The fourth-order valence-corrected chi connectivity index (χ4v) is 3.12. The Bertz CT molecular complexity index is 367. The van der Waals surface area contributed by atoms with Crippen LogP contribution >= 0.6 is 0 Å². The third-order valence-electron chi connectivity index (χ3n) is 4.46. The summed E-state index contributed by atoms with van der Waals surface area (Å²) in [7, 11) is 0. The molecule has 2 heteroatoms. The minimum atomic E-state index is 0.593. The Kier molecular flexibility index (Phi) is 4.65. The molecule has 1 aliphatic carbocycles. The number of nitrogens with two attached hydrogens (primary N) is 1. The number of hydrogen-bond acceptors (Lipinski definition) is 2. The topological polar surface area (TPSA) is 38.0 Å². The fourth-order valence-electron chi connectivity index (χ4n) is 3.12. The Morgan fingerprint density at radius 2 is 2.06 bits per heavy atom. The van der Waals surface area contributed by atoms with Crippen LogP contribution in [0.1, 0.15) is 44.6 Å². The second kappa shape index (κ2) is 6.24. The molecule has 2 rings (SSSR count). The van der Waals surface area contributed by atoms with E-state index in [1.54, 1.807) is 0 Å². The maximum atomic E-state index is 5.78. The van der Waals surface area contributed by atoms with Gasteiger partial charge in [-0.2, -0.15) is 0 Å². The fraction of sp³-hybridized carbons (Fsp3) is 0.625. The first kappa shape index (κ1) is 13.4. The molecule has 0 atom stereocenters. The third kappa shape index (κ3) is 3.49. The van der Waals surface area contributed by atoms with E-state index in [1.165, 1.54) is 44.2 Å². The molecule has 1 aromatic rings. The molecule has 18 heavy (non-hydrogen) atoms. The van der Waals surface area contributed by atoms with Crippen LogP contribution in [-0.2, 0) is 6.42 Å². The SMILES string of the molecule is CCC1(CNCCc2cccc(N)c2)CCCC1. The van der Waals surface area contributed by atoms with Gasteiger partial charge in [-0.05, 0) is 55.3 Å². The van der Waals surface area contributed by atoms with Crippen molar-refractivity contribution in [2.45, 2.75) is 45.4 Å². The molecule has 0 unspecified atom stereocenters. The molecule has 0 heterocycles. The lowest BCUT2D eigenvalue weighted by atomic mass is 9.83. The van der Waals surface area contributed by atoms with Crippen LogP contribution in [0, 0.1) is 5.41 Å². The normalized spacial score (nSPS) is 18.1. The van der Waals surface area contributed by atoms with Crippen LogP contribution in [0.5, 0.6) is 0 Å². The molecule has 0 spiro atoms. The van der Waals surface area contributed by atoms with Crippen molar-refractivity contribution in [2.24, 2.45) is 5.41 Å². The van der Waals surface area contributed by atoms with Gasteiger partial charge in [-0.25, -0.2) is 0 Å². The zero-order valence-corrected chi connectivity index (χ0v) is 11.5. The second-order valence-corrected chi connectivity index (χ2v) is 5.73. The lowest BCUT2D eigenvalue weighted by molar-refractivity contribution is 0.270. The average Bonchev–Trinajstić information content (AvgIpc) is 2.84. The highest BCUT2D eigenvalue weighted by Gasteiger charge is 2.31. The van der Waals surface area contributed by atoms with E-state index in [-0.39, 0.29) is 0 Å². The first-order valence-corrected chi connectivity index (χ1v) is 7.29.